The van der Waals surface area contributed by atoms with Crippen LogP contribution in [0.1, 0.15) is 12.8 Å². The summed E-state index contributed by atoms with van der Waals surface area (Å²) >= 11 is 11.5. The Morgan fingerprint density at radius 3 is 2.44 bits per heavy atom. The van der Waals surface area contributed by atoms with Crippen LogP contribution in [0, 0.1) is 0 Å². The summed E-state index contributed by atoms with van der Waals surface area (Å²) < 4.78 is 35.5. The summed E-state index contributed by atoms with van der Waals surface area (Å²) in [4.78, 5) is 0. The molecular weight excluding hydrogens is 262 g/mol. The van der Waals surface area contributed by atoms with Gasteiger partial charge in [-0.1, -0.05) is 23.2 Å². The molecule has 0 aliphatic heterocycles. The second kappa shape index (κ2) is 5.64. The normalized spacial score (nSPS) is 11.6. The van der Waals surface area contributed by atoms with Crippen LogP contribution in [0.25, 0.3) is 0 Å². The van der Waals surface area contributed by atoms with Gasteiger partial charge in [-0.05, 0) is 24.6 Å². The molecule has 0 aromatic heterocycles. The van der Waals surface area contributed by atoms with Crippen molar-refractivity contribution in [1.82, 2.24) is 0 Å². The van der Waals surface area contributed by atoms with Crippen molar-refractivity contribution < 1.29 is 13.2 Å². The highest BCUT2D eigenvalue weighted by Gasteiger charge is 2.25. The molecule has 0 saturated carbocycles. The Kier molecular flexibility index (Phi) is 4.74. The van der Waals surface area contributed by atoms with Crippen molar-refractivity contribution in [3.63, 3.8) is 0 Å². The Labute approximate surface area is 102 Å². The van der Waals surface area contributed by atoms with Crippen LogP contribution in [0.2, 0.25) is 10.0 Å². The first-order valence-corrected chi connectivity index (χ1v) is 5.40. The van der Waals surface area contributed by atoms with Crippen LogP contribution in [0.3, 0.4) is 0 Å². The van der Waals surface area contributed by atoms with Gasteiger partial charge in [-0.25, -0.2) is 0 Å². The topological polar surface area (TPSA) is 12.0 Å². The molecule has 6 heteroatoms. The molecule has 1 rings (SSSR count). The highest BCUT2D eigenvalue weighted by atomic mass is 35.5. The molecule has 0 saturated heterocycles. The Morgan fingerprint density at radius 2 is 1.88 bits per heavy atom. The van der Waals surface area contributed by atoms with Crippen LogP contribution in [-0.4, -0.2) is 12.7 Å². The molecule has 1 aromatic carbocycles. The predicted molar refractivity (Wildman–Crippen MR) is 60.2 cm³/mol. The van der Waals surface area contributed by atoms with Crippen LogP contribution in [0.5, 0.6) is 0 Å². The number of alkyl halides is 3. The van der Waals surface area contributed by atoms with E-state index in [1.54, 1.807) is 12.1 Å². The number of hydrogen-bond donors (Lipinski definition) is 1. The molecule has 0 heterocycles. The Morgan fingerprint density at radius 1 is 1.19 bits per heavy atom. The molecule has 0 aliphatic rings. The lowest BCUT2D eigenvalue weighted by Crippen LogP contribution is -2.11. The van der Waals surface area contributed by atoms with Crippen LogP contribution in [-0.2, 0) is 0 Å². The van der Waals surface area contributed by atoms with Gasteiger partial charge in [-0.15, -0.1) is 0 Å². The van der Waals surface area contributed by atoms with E-state index in [9.17, 15) is 13.2 Å². The molecule has 0 unspecified atom stereocenters. The van der Waals surface area contributed by atoms with E-state index in [4.69, 9.17) is 23.2 Å². The monoisotopic (exact) mass is 271 g/mol. The van der Waals surface area contributed by atoms with E-state index in [0.29, 0.717) is 15.7 Å². The van der Waals surface area contributed by atoms with E-state index in [0.717, 1.165) is 0 Å². The van der Waals surface area contributed by atoms with Crippen LogP contribution in [0.15, 0.2) is 18.2 Å². The average Bonchev–Trinajstić information content (AvgIpc) is 2.13. The zero-order chi connectivity index (χ0) is 12.2. The first kappa shape index (κ1) is 13.5. The van der Waals surface area contributed by atoms with Crippen LogP contribution < -0.4 is 5.32 Å². The lowest BCUT2D eigenvalue weighted by atomic mass is 10.2. The molecule has 90 valence electrons. The summed E-state index contributed by atoms with van der Waals surface area (Å²) in [5.41, 5.74) is 0.591. The maximum absolute atomic E-state index is 11.8. The zero-order valence-electron chi connectivity index (χ0n) is 8.24. The molecule has 0 atom stereocenters. The molecule has 1 N–H and O–H groups in total. The summed E-state index contributed by atoms with van der Waals surface area (Å²) in [6, 6.07) is 4.80. The summed E-state index contributed by atoms with van der Waals surface area (Å²) in [5.74, 6) is 0. The molecule has 16 heavy (non-hydrogen) atoms. The van der Waals surface area contributed by atoms with E-state index < -0.39 is 12.6 Å². The molecular formula is C10H10Cl2F3N. The van der Waals surface area contributed by atoms with Crippen molar-refractivity contribution in [2.75, 3.05) is 11.9 Å². The van der Waals surface area contributed by atoms with Crippen LogP contribution >= 0.6 is 23.2 Å². The van der Waals surface area contributed by atoms with E-state index >= 15 is 0 Å². The van der Waals surface area contributed by atoms with Crippen molar-refractivity contribution >= 4 is 28.9 Å². The van der Waals surface area contributed by atoms with Gasteiger partial charge in [0.1, 0.15) is 0 Å². The zero-order valence-corrected chi connectivity index (χ0v) is 9.76. The Hall–Kier alpha value is -0.610. The fourth-order valence-electron chi connectivity index (χ4n) is 1.14. The minimum Gasteiger partial charge on any atom is -0.384 e. The molecule has 1 nitrogen and oxygen atoms in total. The second-order valence-corrected chi connectivity index (χ2v) is 4.11. The van der Waals surface area contributed by atoms with E-state index in [2.05, 4.69) is 5.32 Å². The number of nitrogens with one attached hydrogen (secondary N) is 1. The summed E-state index contributed by atoms with van der Waals surface area (Å²) in [6.07, 6.45) is -4.89. The molecule has 1 aromatic rings. The van der Waals surface area contributed by atoms with Gasteiger partial charge in [0.25, 0.3) is 0 Å². The third-order valence-corrected chi connectivity index (χ3v) is 2.43. The molecule has 0 fully saturated rings. The number of anilines is 1. The largest absolute Gasteiger partial charge is 0.389 e. The van der Waals surface area contributed by atoms with E-state index in [1.165, 1.54) is 6.07 Å². The third-order valence-electron chi connectivity index (χ3n) is 1.88. The molecule has 0 spiro atoms. The number of halogens is 5. The average molecular weight is 272 g/mol. The number of hydrogen-bond acceptors (Lipinski definition) is 1. The fraction of sp³-hybridized carbons (Fsp3) is 0.400. The highest BCUT2D eigenvalue weighted by molar-refractivity contribution is 6.36. The molecule has 0 bridgehead atoms. The minimum atomic E-state index is -4.11. The van der Waals surface area contributed by atoms with Gasteiger partial charge in [0.15, 0.2) is 0 Å². The van der Waals surface area contributed by atoms with Crippen molar-refractivity contribution in [2.24, 2.45) is 0 Å². The van der Waals surface area contributed by atoms with Gasteiger partial charge in [-0.2, -0.15) is 13.2 Å². The van der Waals surface area contributed by atoms with Crippen molar-refractivity contribution in [3.8, 4) is 0 Å². The summed E-state index contributed by atoms with van der Waals surface area (Å²) in [6.45, 7) is 0.223. The predicted octanol–water partition coefficient (Wildman–Crippen LogP) is 4.75. The smallest absolute Gasteiger partial charge is 0.384 e. The van der Waals surface area contributed by atoms with Gasteiger partial charge in [0.05, 0.1) is 10.7 Å². The first-order chi connectivity index (χ1) is 7.38. The number of rotatable bonds is 4. The molecule has 0 radical (unpaired) electrons. The first-order valence-electron chi connectivity index (χ1n) is 4.64. The minimum absolute atomic E-state index is 0.0163. The van der Waals surface area contributed by atoms with Crippen molar-refractivity contribution in [3.05, 3.63) is 28.2 Å². The van der Waals surface area contributed by atoms with Gasteiger partial charge < -0.3 is 5.32 Å². The van der Waals surface area contributed by atoms with Crippen LogP contribution in [0.4, 0.5) is 18.9 Å². The Balaban J connectivity index is 2.38. The maximum Gasteiger partial charge on any atom is 0.389 e. The van der Waals surface area contributed by atoms with E-state index in [-0.39, 0.29) is 13.0 Å². The molecule has 0 amide bonds. The SMILES string of the molecule is FC(F)(F)CCCNc1ccc(Cl)cc1Cl. The lowest BCUT2D eigenvalue weighted by molar-refractivity contribution is -0.134. The van der Waals surface area contributed by atoms with Gasteiger partial charge >= 0.3 is 6.18 Å². The van der Waals surface area contributed by atoms with Gasteiger partial charge in [0.2, 0.25) is 0 Å². The summed E-state index contributed by atoms with van der Waals surface area (Å²) in [5, 5.41) is 3.72. The third kappa shape index (κ3) is 4.94. The van der Waals surface area contributed by atoms with Crippen molar-refractivity contribution in [2.45, 2.75) is 19.0 Å². The highest BCUT2D eigenvalue weighted by Crippen LogP contribution is 2.26. The van der Waals surface area contributed by atoms with Gasteiger partial charge in [0, 0.05) is 18.0 Å². The summed E-state index contributed by atoms with van der Waals surface area (Å²) in [7, 11) is 0. The quantitative estimate of drug-likeness (QED) is 0.780. The van der Waals surface area contributed by atoms with Crippen molar-refractivity contribution in [1.29, 1.82) is 0 Å². The maximum atomic E-state index is 11.8. The van der Waals surface area contributed by atoms with E-state index in [1.807, 2.05) is 0 Å². The fourth-order valence-corrected chi connectivity index (χ4v) is 1.62. The lowest BCUT2D eigenvalue weighted by Gasteiger charge is -2.09. The Bertz CT molecular complexity index is 352. The second-order valence-electron chi connectivity index (χ2n) is 3.27. The molecule has 0 aliphatic carbocycles. The van der Waals surface area contributed by atoms with Gasteiger partial charge in [-0.3, -0.25) is 0 Å². The standard InChI is InChI=1S/C10H10Cl2F3N/c11-7-2-3-9(8(12)6-7)16-5-1-4-10(13,14)15/h2-3,6,16H,1,4-5H2. The number of benzene rings is 1.